The molecule has 0 saturated heterocycles. The van der Waals surface area contributed by atoms with E-state index in [9.17, 15) is 0 Å². The van der Waals surface area contributed by atoms with Gasteiger partial charge in [-0.05, 0) is 39.0 Å². The maximum atomic E-state index is 5.81. The Balaban J connectivity index is 1.56. The summed E-state index contributed by atoms with van der Waals surface area (Å²) in [6.07, 6.45) is 1.94. The van der Waals surface area contributed by atoms with E-state index >= 15 is 0 Å². The second-order valence-corrected chi connectivity index (χ2v) is 7.14. The Morgan fingerprint density at radius 3 is 2.67 bits per heavy atom. The Hall–Kier alpha value is -1.49. The zero-order chi connectivity index (χ0) is 15.0. The van der Waals surface area contributed by atoms with Gasteiger partial charge < -0.3 is 9.47 Å². The molecule has 1 atom stereocenters. The molecule has 21 heavy (non-hydrogen) atoms. The first-order valence-corrected chi connectivity index (χ1v) is 7.84. The van der Waals surface area contributed by atoms with Crippen molar-refractivity contribution in [2.75, 3.05) is 6.61 Å². The third-order valence-electron chi connectivity index (χ3n) is 3.54. The molecule has 0 aliphatic carbocycles. The average molecular weight is 351 g/mol. The Morgan fingerprint density at radius 1 is 1.33 bits per heavy atom. The molecule has 1 aromatic carbocycles. The molecule has 0 saturated carbocycles. The van der Waals surface area contributed by atoms with Crippen LogP contribution in [0, 0.1) is 0 Å². The van der Waals surface area contributed by atoms with Crippen LogP contribution in [0.15, 0.2) is 35.1 Å². The predicted molar refractivity (Wildman–Crippen MR) is 85.0 cm³/mol. The highest BCUT2D eigenvalue weighted by Crippen LogP contribution is 2.26. The van der Waals surface area contributed by atoms with E-state index in [1.807, 2.05) is 22.9 Å². The second kappa shape index (κ2) is 5.37. The van der Waals surface area contributed by atoms with E-state index in [1.165, 1.54) is 5.56 Å². The molecule has 0 amide bonds. The molecule has 2 heterocycles. The number of benzene rings is 1. The number of halogens is 1. The van der Waals surface area contributed by atoms with Gasteiger partial charge in [0, 0.05) is 6.20 Å². The molecule has 2 aromatic rings. The summed E-state index contributed by atoms with van der Waals surface area (Å²) in [6, 6.07) is 8.92. The van der Waals surface area contributed by atoms with E-state index < -0.39 is 0 Å². The first-order chi connectivity index (χ1) is 9.91. The van der Waals surface area contributed by atoms with Crippen molar-refractivity contribution in [3.8, 4) is 11.8 Å². The van der Waals surface area contributed by atoms with Crippen molar-refractivity contribution in [2.24, 2.45) is 0 Å². The van der Waals surface area contributed by atoms with Gasteiger partial charge in [-0.2, -0.15) is 4.98 Å². The molecule has 0 unspecified atom stereocenters. The summed E-state index contributed by atoms with van der Waals surface area (Å²) in [5, 5.41) is 0. The molecular weight excluding hydrogens is 332 g/mol. The Labute approximate surface area is 133 Å². The Bertz CT molecular complexity index is 605. The number of hydrogen-bond donors (Lipinski definition) is 0. The Morgan fingerprint density at radius 2 is 2.05 bits per heavy atom. The van der Waals surface area contributed by atoms with Crippen LogP contribution in [-0.2, 0) is 12.0 Å². The molecule has 0 fully saturated rings. The summed E-state index contributed by atoms with van der Waals surface area (Å²) in [6.45, 7) is 7.91. The van der Waals surface area contributed by atoms with Crippen LogP contribution in [0.5, 0.6) is 11.8 Å². The third-order valence-corrected chi connectivity index (χ3v) is 3.92. The summed E-state index contributed by atoms with van der Waals surface area (Å²) in [4.78, 5) is 4.24. The highest BCUT2D eigenvalue weighted by molar-refractivity contribution is 9.10. The number of rotatable bonds is 3. The van der Waals surface area contributed by atoms with Crippen LogP contribution in [0.3, 0.4) is 0 Å². The van der Waals surface area contributed by atoms with Crippen molar-refractivity contribution in [1.29, 1.82) is 0 Å². The van der Waals surface area contributed by atoms with Crippen LogP contribution in [0.1, 0.15) is 26.3 Å². The van der Waals surface area contributed by atoms with Crippen molar-refractivity contribution < 1.29 is 9.47 Å². The number of ether oxygens (including phenoxy) is 2. The number of aromatic nitrogens is 2. The van der Waals surface area contributed by atoms with Crippen molar-refractivity contribution in [1.82, 2.24) is 9.55 Å². The standard InChI is InChI=1S/C16H19BrN2O2/c1-16(2,3)11-4-6-12(7-5-11)20-10-13-8-19-9-14(17)18-15(19)21-13/h4-7,9,13H,8,10H2,1-3H3/t13-/m0/s1. The summed E-state index contributed by atoms with van der Waals surface area (Å²) in [5.41, 5.74) is 1.47. The SMILES string of the molecule is CC(C)(C)c1ccc(OC[C@@H]2Cn3cc(Br)nc3O2)cc1. The van der Waals surface area contributed by atoms with Gasteiger partial charge in [-0.3, -0.25) is 4.57 Å². The van der Waals surface area contributed by atoms with Gasteiger partial charge in [0.25, 0.3) is 6.01 Å². The van der Waals surface area contributed by atoms with Gasteiger partial charge in [0.05, 0.1) is 6.54 Å². The molecule has 112 valence electrons. The zero-order valence-corrected chi connectivity index (χ0v) is 14.1. The molecule has 4 nitrogen and oxygen atoms in total. The lowest BCUT2D eigenvalue weighted by Gasteiger charge is -2.19. The van der Waals surface area contributed by atoms with E-state index in [0.717, 1.165) is 16.9 Å². The van der Waals surface area contributed by atoms with Crippen molar-refractivity contribution in [3.05, 3.63) is 40.6 Å². The molecule has 5 heteroatoms. The lowest BCUT2D eigenvalue weighted by atomic mass is 9.87. The van der Waals surface area contributed by atoms with Crippen molar-refractivity contribution >= 4 is 15.9 Å². The number of imidazole rings is 1. The maximum Gasteiger partial charge on any atom is 0.297 e. The van der Waals surface area contributed by atoms with Gasteiger partial charge in [0.15, 0.2) is 6.10 Å². The maximum absolute atomic E-state index is 5.81. The highest BCUT2D eigenvalue weighted by Gasteiger charge is 2.25. The molecule has 1 aliphatic heterocycles. The zero-order valence-electron chi connectivity index (χ0n) is 12.5. The fourth-order valence-corrected chi connectivity index (χ4v) is 2.72. The normalized spacial score (nSPS) is 17.4. The minimum atomic E-state index is 0.0166. The summed E-state index contributed by atoms with van der Waals surface area (Å²) >= 11 is 3.33. The van der Waals surface area contributed by atoms with Gasteiger partial charge in [0.1, 0.15) is 17.0 Å². The molecule has 0 radical (unpaired) electrons. The van der Waals surface area contributed by atoms with E-state index in [-0.39, 0.29) is 11.5 Å². The molecule has 1 aromatic heterocycles. The Kier molecular flexibility index (Phi) is 3.69. The van der Waals surface area contributed by atoms with Crippen LogP contribution < -0.4 is 9.47 Å². The predicted octanol–water partition coefficient (Wildman–Crippen LogP) is 3.78. The van der Waals surface area contributed by atoms with Gasteiger partial charge in [0.2, 0.25) is 0 Å². The van der Waals surface area contributed by atoms with Crippen molar-refractivity contribution in [2.45, 2.75) is 38.8 Å². The fourth-order valence-electron chi connectivity index (χ4n) is 2.33. The summed E-state index contributed by atoms with van der Waals surface area (Å²) in [5.74, 6) is 0.873. The summed E-state index contributed by atoms with van der Waals surface area (Å²) in [7, 11) is 0. The number of nitrogens with zero attached hydrogens (tertiary/aromatic N) is 2. The van der Waals surface area contributed by atoms with Gasteiger partial charge in [-0.1, -0.05) is 32.9 Å². The molecule has 0 N–H and O–H groups in total. The van der Waals surface area contributed by atoms with E-state index in [1.54, 1.807) is 0 Å². The van der Waals surface area contributed by atoms with Crippen LogP contribution in [0.4, 0.5) is 0 Å². The topological polar surface area (TPSA) is 36.3 Å². The number of fused-ring (bicyclic) bond motifs is 1. The highest BCUT2D eigenvalue weighted by atomic mass is 79.9. The van der Waals surface area contributed by atoms with Gasteiger partial charge >= 0.3 is 0 Å². The lowest BCUT2D eigenvalue weighted by Crippen LogP contribution is -2.23. The molecule has 1 aliphatic rings. The summed E-state index contributed by atoms with van der Waals surface area (Å²) < 4.78 is 14.3. The first-order valence-electron chi connectivity index (χ1n) is 7.04. The molecular formula is C16H19BrN2O2. The monoisotopic (exact) mass is 350 g/mol. The quantitative estimate of drug-likeness (QED) is 0.844. The molecule has 3 rings (SSSR count). The van der Waals surface area contributed by atoms with E-state index in [0.29, 0.717) is 12.6 Å². The van der Waals surface area contributed by atoms with Crippen LogP contribution >= 0.6 is 15.9 Å². The van der Waals surface area contributed by atoms with Crippen LogP contribution in [0.2, 0.25) is 0 Å². The fraction of sp³-hybridized carbons (Fsp3) is 0.438. The van der Waals surface area contributed by atoms with Gasteiger partial charge in [-0.25, -0.2) is 0 Å². The van der Waals surface area contributed by atoms with E-state index in [2.05, 4.69) is 53.8 Å². The smallest absolute Gasteiger partial charge is 0.297 e. The first kappa shape index (κ1) is 14.4. The average Bonchev–Trinajstić information content (AvgIpc) is 2.92. The number of hydrogen-bond acceptors (Lipinski definition) is 3. The largest absolute Gasteiger partial charge is 0.490 e. The lowest BCUT2D eigenvalue weighted by molar-refractivity contribution is 0.143. The molecule has 0 bridgehead atoms. The van der Waals surface area contributed by atoms with Crippen molar-refractivity contribution in [3.63, 3.8) is 0 Å². The van der Waals surface area contributed by atoms with E-state index in [4.69, 9.17) is 9.47 Å². The second-order valence-electron chi connectivity index (χ2n) is 6.32. The third kappa shape index (κ3) is 3.23. The molecule has 0 spiro atoms. The van der Waals surface area contributed by atoms with Gasteiger partial charge in [-0.15, -0.1) is 0 Å². The van der Waals surface area contributed by atoms with Crippen LogP contribution in [0.25, 0.3) is 0 Å². The minimum Gasteiger partial charge on any atom is -0.490 e. The van der Waals surface area contributed by atoms with Crippen LogP contribution in [-0.4, -0.2) is 22.3 Å². The minimum absolute atomic E-state index is 0.0166.